The van der Waals surface area contributed by atoms with E-state index in [4.69, 9.17) is 15.7 Å². The summed E-state index contributed by atoms with van der Waals surface area (Å²) in [4.78, 5) is 0. The Bertz CT molecular complexity index is 189. The van der Waals surface area contributed by atoms with Gasteiger partial charge in [-0.3, -0.25) is 0 Å². The lowest BCUT2D eigenvalue weighted by molar-refractivity contribution is 0.0727. The van der Waals surface area contributed by atoms with Crippen molar-refractivity contribution in [3.05, 3.63) is 0 Å². The Balaban J connectivity index is 3.77. The molecule has 0 aliphatic rings. The lowest BCUT2D eigenvalue weighted by Gasteiger charge is -2.22. The van der Waals surface area contributed by atoms with E-state index in [1.807, 2.05) is 27.7 Å². The van der Waals surface area contributed by atoms with Crippen molar-refractivity contribution in [2.24, 2.45) is 16.3 Å². The van der Waals surface area contributed by atoms with Crippen LogP contribution in [0.3, 0.4) is 0 Å². The zero-order chi connectivity index (χ0) is 11.2. The number of nitrogens with zero attached hydrogens (tertiary/aromatic N) is 1. The van der Waals surface area contributed by atoms with Crippen LogP contribution in [0.15, 0.2) is 5.16 Å². The molecule has 3 N–H and O–H groups in total. The van der Waals surface area contributed by atoms with E-state index in [9.17, 15) is 0 Å². The average Bonchev–Trinajstić information content (AvgIpc) is 2.10. The summed E-state index contributed by atoms with van der Waals surface area (Å²) in [5.41, 5.74) is 5.30. The van der Waals surface area contributed by atoms with Gasteiger partial charge in [0.15, 0.2) is 0 Å². The Morgan fingerprint density at radius 1 is 1.50 bits per heavy atom. The number of hydrogen-bond acceptors (Lipinski definition) is 3. The molecule has 0 amide bonds. The smallest absolute Gasteiger partial charge is 0.144 e. The maximum atomic E-state index is 8.55. The van der Waals surface area contributed by atoms with Gasteiger partial charge in [-0.2, -0.15) is 0 Å². The van der Waals surface area contributed by atoms with Gasteiger partial charge in [0.1, 0.15) is 5.84 Å². The van der Waals surface area contributed by atoms with Crippen molar-refractivity contribution in [1.29, 1.82) is 0 Å². The molecule has 0 bridgehead atoms. The largest absolute Gasteiger partial charge is 0.409 e. The number of amidine groups is 1. The fourth-order valence-electron chi connectivity index (χ4n) is 1.10. The van der Waals surface area contributed by atoms with Crippen LogP contribution in [0.1, 0.15) is 40.5 Å². The highest BCUT2D eigenvalue weighted by Crippen LogP contribution is 2.22. The van der Waals surface area contributed by atoms with Gasteiger partial charge in [-0.05, 0) is 26.7 Å². The third kappa shape index (κ3) is 5.07. The normalized spacial score (nSPS) is 13.6. The van der Waals surface area contributed by atoms with Crippen LogP contribution < -0.4 is 5.73 Å². The SMILES string of the molecule is CC(C)OCCCC(C)(C)C(N)=NO. The van der Waals surface area contributed by atoms with E-state index >= 15 is 0 Å². The number of oxime groups is 1. The van der Waals surface area contributed by atoms with Gasteiger partial charge in [0, 0.05) is 12.0 Å². The predicted molar refractivity (Wildman–Crippen MR) is 57.5 cm³/mol. The first-order chi connectivity index (χ1) is 6.40. The Labute approximate surface area is 86.1 Å². The summed E-state index contributed by atoms with van der Waals surface area (Å²) in [6.07, 6.45) is 2.04. The molecule has 4 heteroatoms. The first-order valence-corrected chi connectivity index (χ1v) is 4.99. The van der Waals surface area contributed by atoms with Crippen LogP contribution in [-0.4, -0.2) is 23.8 Å². The second kappa shape index (κ2) is 5.86. The van der Waals surface area contributed by atoms with Crippen LogP contribution in [0.25, 0.3) is 0 Å². The van der Waals surface area contributed by atoms with E-state index in [-0.39, 0.29) is 17.4 Å². The molecule has 0 spiro atoms. The summed E-state index contributed by atoms with van der Waals surface area (Å²) in [5.74, 6) is 0.280. The zero-order valence-electron chi connectivity index (χ0n) is 9.58. The van der Waals surface area contributed by atoms with E-state index in [1.165, 1.54) is 0 Å². The predicted octanol–water partition coefficient (Wildman–Crippen LogP) is 1.96. The van der Waals surface area contributed by atoms with Crippen molar-refractivity contribution < 1.29 is 9.94 Å². The molecule has 0 saturated heterocycles. The Kier molecular flexibility index (Phi) is 5.53. The van der Waals surface area contributed by atoms with Crippen LogP contribution in [0.2, 0.25) is 0 Å². The molecule has 0 atom stereocenters. The standard InChI is InChI=1S/C10H22N2O2/c1-8(2)14-7-5-6-10(3,4)9(11)12-13/h8,13H,5-7H2,1-4H3,(H2,11,12). The molecule has 0 aromatic rings. The van der Waals surface area contributed by atoms with Crippen LogP contribution in [0.4, 0.5) is 0 Å². The maximum Gasteiger partial charge on any atom is 0.144 e. The molecule has 14 heavy (non-hydrogen) atoms. The van der Waals surface area contributed by atoms with Crippen LogP contribution in [0, 0.1) is 5.41 Å². The Morgan fingerprint density at radius 3 is 2.50 bits per heavy atom. The molecule has 0 rings (SSSR count). The average molecular weight is 202 g/mol. The molecule has 0 radical (unpaired) electrons. The highest BCUT2D eigenvalue weighted by Gasteiger charge is 2.22. The molecular formula is C10H22N2O2. The van der Waals surface area contributed by atoms with Crippen molar-refractivity contribution in [1.82, 2.24) is 0 Å². The summed E-state index contributed by atoms with van der Waals surface area (Å²) in [5, 5.41) is 11.6. The van der Waals surface area contributed by atoms with E-state index in [0.717, 1.165) is 19.4 Å². The molecule has 84 valence electrons. The first kappa shape index (κ1) is 13.2. The number of rotatable bonds is 6. The summed E-state index contributed by atoms with van der Waals surface area (Å²) in [7, 11) is 0. The third-order valence-electron chi connectivity index (χ3n) is 2.20. The summed E-state index contributed by atoms with van der Waals surface area (Å²) < 4.78 is 5.41. The minimum atomic E-state index is -0.255. The second-order valence-corrected chi connectivity index (χ2v) is 4.39. The van der Waals surface area contributed by atoms with Crippen molar-refractivity contribution in [3.63, 3.8) is 0 Å². The van der Waals surface area contributed by atoms with E-state index in [2.05, 4.69) is 5.16 Å². The monoisotopic (exact) mass is 202 g/mol. The van der Waals surface area contributed by atoms with Gasteiger partial charge in [0.2, 0.25) is 0 Å². The van der Waals surface area contributed by atoms with Crippen molar-refractivity contribution >= 4 is 5.84 Å². The molecule has 0 aromatic heterocycles. The molecule has 0 heterocycles. The molecule has 0 aliphatic heterocycles. The fraction of sp³-hybridized carbons (Fsp3) is 0.900. The summed E-state index contributed by atoms with van der Waals surface area (Å²) in [6, 6.07) is 0. The number of nitrogens with two attached hydrogens (primary N) is 1. The molecule has 0 unspecified atom stereocenters. The zero-order valence-corrected chi connectivity index (χ0v) is 9.58. The highest BCUT2D eigenvalue weighted by atomic mass is 16.5. The lowest BCUT2D eigenvalue weighted by atomic mass is 9.87. The van der Waals surface area contributed by atoms with Gasteiger partial charge in [0.05, 0.1) is 6.10 Å². The number of hydrogen-bond donors (Lipinski definition) is 2. The Morgan fingerprint density at radius 2 is 2.07 bits per heavy atom. The van der Waals surface area contributed by atoms with Gasteiger partial charge >= 0.3 is 0 Å². The van der Waals surface area contributed by atoms with Crippen molar-refractivity contribution in [2.75, 3.05) is 6.61 Å². The van der Waals surface area contributed by atoms with Crippen molar-refractivity contribution in [2.45, 2.75) is 46.6 Å². The van der Waals surface area contributed by atoms with E-state index in [1.54, 1.807) is 0 Å². The highest BCUT2D eigenvalue weighted by molar-refractivity contribution is 5.85. The van der Waals surface area contributed by atoms with Crippen LogP contribution >= 0.6 is 0 Å². The molecule has 0 aliphatic carbocycles. The first-order valence-electron chi connectivity index (χ1n) is 4.99. The van der Waals surface area contributed by atoms with Gasteiger partial charge in [-0.25, -0.2) is 0 Å². The summed E-state index contributed by atoms with van der Waals surface area (Å²) >= 11 is 0. The van der Waals surface area contributed by atoms with Gasteiger partial charge < -0.3 is 15.7 Å². The quantitative estimate of drug-likeness (QED) is 0.227. The maximum absolute atomic E-state index is 8.55. The summed E-state index contributed by atoms with van der Waals surface area (Å²) in [6.45, 7) is 8.65. The van der Waals surface area contributed by atoms with E-state index < -0.39 is 0 Å². The topological polar surface area (TPSA) is 67.8 Å². The number of ether oxygens (including phenoxy) is 1. The fourth-order valence-corrected chi connectivity index (χ4v) is 1.10. The Hall–Kier alpha value is -0.770. The second-order valence-electron chi connectivity index (χ2n) is 4.39. The van der Waals surface area contributed by atoms with Crippen LogP contribution in [0.5, 0.6) is 0 Å². The third-order valence-corrected chi connectivity index (χ3v) is 2.20. The molecule has 0 fully saturated rings. The van der Waals surface area contributed by atoms with E-state index in [0.29, 0.717) is 0 Å². The lowest BCUT2D eigenvalue weighted by Crippen LogP contribution is -2.32. The minimum absolute atomic E-state index is 0.255. The van der Waals surface area contributed by atoms with Crippen LogP contribution in [-0.2, 0) is 4.74 Å². The molecule has 4 nitrogen and oxygen atoms in total. The minimum Gasteiger partial charge on any atom is -0.409 e. The van der Waals surface area contributed by atoms with Gasteiger partial charge in [-0.15, -0.1) is 0 Å². The molecule has 0 aromatic carbocycles. The molecule has 0 saturated carbocycles. The molecular weight excluding hydrogens is 180 g/mol. The van der Waals surface area contributed by atoms with Gasteiger partial charge in [-0.1, -0.05) is 19.0 Å². The van der Waals surface area contributed by atoms with Gasteiger partial charge in [0.25, 0.3) is 0 Å². The van der Waals surface area contributed by atoms with Crippen molar-refractivity contribution in [3.8, 4) is 0 Å².